The van der Waals surface area contributed by atoms with Crippen LogP contribution in [0, 0.1) is 5.82 Å². The third-order valence-corrected chi connectivity index (χ3v) is 5.53. The minimum absolute atomic E-state index is 0.217. The van der Waals surface area contributed by atoms with E-state index in [4.69, 9.17) is 4.99 Å². The standard InChI is InChI=1S/C24H20FN3O2S/c25-20-11-9-18(10-12-20)21-16-31-24(26-14-13-17-5-2-1-3-6-17)28(21)27-15-19-7-4-8-22(29)23(19)30/h1-12,15-16,29-30H,13-14H2. The molecule has 31 heavy (non-hydrogen) atoms. The van der Waals surface area contributed by atoms with Gasteiger partial charge in [-0.1, -0.05) is 36.4 Å². The Balaban J connectivity index is 1.71. The molecule has 0 fully saturated rings. The van der Waals surface area contributed by atoms with Crippen LogP contribution in [0.5, 0.6) is 11.5 Å². The van der Waals surface area contributed by atoms with Gasteiger partial charge in [0.1, 0.15) is 5.82 Å². The van der Waals surface area contributed by atoms with Crippen molar-refractivity contribution in [1.29, 1.82) is 0 Å². The first-order chi connectivity index (χ1) is 15.1. The number of para-hydroxylation sites is 1. The van der Waals surface area contributed by atoms with E-state index < -0.39 is 0 Å². The molecule has 1 aromatic heterocycles. The van der Waals surface area contributed by atoms with Gasteiger partial charge in [0.25, 0.3) is 0 Å². The second-order valence-electron chi connectivity index (χ2n) is 6.80. The summed E-state index contributed by atoms with van der Waals surface area (Å²) in [7, 11) is 0. The second kappa shape index (κ2) is 9.40. The predicted octanol–water partition coefficient (Wildman–Crippen LogP) is 4.79. The summed E-state index contributed by atoms with van der Waals surface area (Å²) in [5, 5.41) is 26.2. The molecule has 0 spiro atoms. The van der Waals surface area contributed by atoms with E-state index in [0.717, 1.165) is 17.7 Å². The molecule has 3 aromatic carbocycles. The molecule has 0 bridgehead atoms. The first kappa shape index (κ1) is 20.6. The van der Waals surface area contributed by atoms with Crippen LogP contribution >= 0.6 is 11.3 Å². The third kappa shape index (κ3) is 4.90. The van der Waals surface area contributed by atoms with Gasteiger partial charge >= 0.3 is 0 Å². The summed E-state index contributed by atoms with van der Waals surface area (Å²) in [5.41, 5.74) is 3.11. The van der Waals surface area contributed by atoms with Crippen LogP contribution in [0.1, 0.15) is 11.1 Å². The van der Waals surface area contributed by atoms with E-state index in [0.29, 0.717) is 16.9 Å². The highest BCUT2D eigenvalue weighted by Crippen LogP contribution is 2.27. The molecule has 0 atom stereocenters. The summed E-state index contributed by atoms with van der Waals surface area (Å²) in [6.07, 6.45) is 2.26. The van der Waals surface area contributed by atoms with Crippen LogP contribution in [0.2, 0.25) is 0 Å². The van der Waals surface area contributed by atoms with Crippen molar-refractivity contribution in [2.75, 3.05) is 6.54 Å². The van der Waals surface area contributed by atoms with Crippen LogP contribution in [-0.4, -0.2) is 27.6 Å². The van der Waals surface area contributed by atoms with Gasteiger partial charge < -0.3 is 10.2 Å². The Kier molecular flexibility index (Phi) is 6.24. The molecule has 4 rings (SSSR count). The highest BCUT2D eigenvalue weighted by molar-refractivity contribution is 7.07. The van der Waals surface area contributed by atoms with E-state index in [2.05, 4.69) is 17.2 Å². The number of thiazole rings is 1. The van der Waals surface area contributed by atoms with Gasteiger partial charge in [-0.15, -0.1) is 11.3 Å². The Morgan fingerprint density at radius 2 is 1.71 bits per heavy atom. The van der Waals surface area contributed by atoms with Gasteiger partial charge in [0.2, 0.25) is 4.80 Å². The van der Waals surface area contributed by atoms with Crippen molar-refractivity contribution >= 4 is 17.6 Å². The predicted molar refractivity (Wildman–Crippen MR) is 121 cm³/mol. The van der Waals surface area contributed by atoms with Crippen molar-refractivity contribution in [1.82, 2.24) is 4.68 Å². The van der Waals surface area contributed by atoms with Gasteiger partial charge in [0.05, 0.1) is 11.9 Å². The molecule has 4 aromatic rings. The summed E-state index contributed by atoms with van der Waals surface area (Å²) in [4.78, 5) is 5.37. The summed E-state index contributed by atoms with van der Waals surface area (Å²) in [5.74, 6) is -0.773. The molecule has 0 saturated carbocycles. The van der Waals surface area contributed by atoms with Crippen LogP contribution in [0.3, 0.4) is 0 Å². The van der Waals surface area contributed by atoms with Gasteiger partial charge in [-0.2, -0.15) is 5.10 Å². The van der Waals surface area contributed by atoms with Crippen LogP contribution in [0.4, 0.5) is 4.39 Å². The van der Waals surface area contributed by atoms with Crippen LogP contribution in [-0.2, 0) is 6.42 Å². The molecule has 0 aliphatic carbocycles. The number of hydrogen-bond donors (Lipinski definition) is 2. The lowest BCUT2D eigenvalue weighted by Crippen LogP contribution is -2.13. The summed E-state index contributed by atoms with van der Waals surface area (Å²) in [6, 6.07) is 20.9. The SMILES string of the molecule is Oc1cccc(C=Nn2c(-c3ccc(F)cc3)csc2=NCCc2ccccc2)c1O. The first-order valence-electron chi connectivity index (χ1n) is 9.68. The number of rotatable bonds is 6. The maximum Gasteiger partial charge on any atom is 0.206 e. The molecule has 2 N–H and O–H groups in total. The highest BCUT2D eigenvalue weighted by atomic mass is 32.1. The molecule has 0 saturated heterocycles. The average Bonchev–Trinajstić information content (AvgIpc) is 3.19. The Bertz CT molecular complexity index is 1260. The van der Waals surface area contributed by atoms with E-state index in [1.165, 1.54) is 41.3 Å². The second-order valence-corrected chi connectivity index (χ2v) is 7.64. The van der Waals surface area contributed by atoms with E-state index in [1.54, 1.807) is 28.9 Å². The van der Waals surface area contributed by atoms with E-state index >= 15 is 0 Å². The van der Waals surface area contributed by atoms with Crippen molar-refractivity contribution in [3.8, 4) is 22.8 Å². The number of phenols is 2. The fraction of sp³-hybridized carbons (Fsp3) is 0.0833. The third-order valence-electron chi connectivity index (χ3n) is 4.67. The molecular weight excluding hydrogens is 413 g/mol. The van der Waals surface area contributed by atoms with Crippen molar-refractivity contribution in [3.05, 3.63) is 99.9 Å². The Hall–Kier alpha value is -3.71. The number of benzene rings is 3. The molecule has 0 aliphatic rings. The smallest absolute Gasteiger partial charge is 0.206 e. The molecule has 156 valence electrons. The highest BCUT2D eigenvalue weighted by Gasteiger charge is 2.09. The quantitative estimate of drug-likeness (QED) is 0.339. The molecule has 1 heterocycles. The Labute approximate surface area is 182 Å². The zero-order valence-corrected chi connectivity index (χ0v) is 17.3. The molecular formula is C24H20FN3O2S. The molecule has 7 heteroatoms. The van der Waals surface area contributed by atoms with Gasteiger partial charge in [0.15, 0.2) is 11.5 Å². The minimum atomic E-state index is -0.313. The normalized spacial score (nSPS) is 12.0. The molecule has 0 aliphatic heterocycles. The average molecular weight is 434 g/mol. The van der Waals surface area contributed by atoms with E-state index in [-0.39, 0.29) is 17.3 Å². The fourth-order valence-electron chi connectivity index (χ4n) is 3.04. The lowest BCUT2D eigenvalue weighted by Gasteiger charge is -2.05. The molecule has 5 nitrogen and oxygen atoms in total. The zero-order chi connectivity index (χ0) is 21.6. The van der Waals surface area contributed by atoms with Crippen molar-refractivity contribution in [2.45, 2.75) is 6.42 Å². The number of phenolic OH excluding ortho intramolecular Hbond substituents is 2. The Morgan fingerprint density at radius 1 is 0.935 bits per heavy atom. The maximum absolute atomic E-state index is 13.4. The lowest BCUT2D eigenvalue weighted by molar-refractivity contribution is 0.403. The van der Waals surface area contributed by atoms with Gasteiger partial charge in [-0.25, -0.2) is 9.07 Å². The topological polar surface area (TPSA) is 70.1 Å². The number of nitrogens with zero attached hydrogens (tertiary/aromatic N) is 3. The van der Waals surface area contributed by atoms with E-state index in [1.807, 2.05) is 23.6 Å². The first-order valence-corrected chi connectivity index (χ1v) is 10.6. The summed E-state index contributed by atoms with van der Waals surface area (Å²) >= 11 is 1.43. The van der Waals surface area contributed by atoms with Gasteiger partial charge in [-0.05, 0) is 48.4 Å². The fourth-order valence-corrected chi connectivity index (χ4v) is 3.90. The van der Waals surface area contributed by atoms with Gasteiger partial charge in [0, 0.05) is 23.1 Å². The minimum Gasteiger partial charge on any atom is -0.504 e. The maximum atomic E-state index is 13.4. The van der Waals surface area contributed by atoms with Crippen molar-refractivity contribution in [3.63, 3.8) is 0 Å². The number of aromatic hydroxyl groups is 2. The monoisotopic (exact) mass is 433 g/mol. The Morgan fingerprint density at radius 3 is 2.48 bits per heavy atom. The zero-order valence-electron chi connectivity index (χ0n) is 16.5. The number of hydrogen-bond acceptors (Lipinski definition) is 5. The van der Waals surface area contributed by atoms with Gasteiger partial charge in [-0.3, -0.25) is 4.99 Å². The number of aromatic nitrogens is 1. The lowest BCUT2D eigenvalue weighted by atomic mass is 10.2. The molecule has 0 unspecified atom stereocenters. The molecule has 0 radical (unpaired) electrons. The van der Waals surface area contributed by atoms with Crippen LogP contribution in [0.15, 0.2) is 88.3 Å². The summed E-state index contributed by atoms with van der Waals surface area (Å²) < 4.78 is 15.0. The number of halogens is 1. The van der Waals surface area contributed by atoms with Crippen molar-refractivity contribution < 1.29 is 14.6 Å². The largest absolute Gasteiger partial charge is 0.504 e. The van der Waals surface area contributed by atoms with Crippen LogP contribution < -0.4 is 4.80 Å². The van der Waals surface area contributed by atoms with Crippen molar-refractivity contribution in [2.24, 2.45) is 10.1 Å². The van der Waals surface area contributed by atoms with Crippen LogP contribution in [0.25, 0.3) is 11.3 Å². The summed E-state index contributed by atoms with van der Waals surface area (Å²) in [6.45, 7) is 0.584. The molecule has 0 amide bonds. The van der Waals surface area contributed by atoms with E-state index in [9.17, 15) is 14.6 Å².